The lowest BCUT2D eigenvalue weighted by atomic mass is 10.3. The predicted molar refractivity (Wildman–Crippen MR) is 94.6 cm³/mol. The van der Waals surface area contributed by atoms with Crippen LogP contribution in [0, 0.1) is 6.92 Å². The summed E-state index contributed by atoms with van der Waals surface area (Å²) >= 11 is 1.02. The van der Waals surface area contributed by atoms with Crippen LogP contribution in [0.1, 0.15) is 26.5 Å². The van der Waals surface area contributed by atoms with Crippen molar-refractivity contribution in [2.75, 3.05) is 16.8 Å². The largest absolute Gasteiger partial charge is 0.452 e. The second-order valence-corrected chi connectivity index (χ2v) is 6.60. The molecular formula is C15H22N4O6S. The Morgan fingerprint density at radius 1 is 1.23 bits per heavy atom. The van der Waals surface area contributed by atoms with Gasteiger partial charge in [-0.2, -0.15) is 0 Å². The second kappa shape index (κ2) is 10.4. The molecule has 10 nitrogen and oxygen atoms in total. The third kappa shape index (κ3) is 8.51. The lowest BCUT2D eigenvalue weighted by Crippen LogP contribution is -2.46. The molecule has 1 aromatic rings. The zero-order chi connectivity index (χ0) is 19.7. The molecule has 0 saturated carbocycles. The molecule has 11 heteroatoms. The van der Waals surface area contributed by atoms with E-state index in [0.717, 1.165) is 11.8 Å². The molecule has 4 amide bonds. The first-order valence-electron chi connectivity index (χ1n) is 7.79. The number of ether oxygens (including phenoxy) is 1. The summed E-state index contributed by atoms with van der Waals surface area (Å²) in [5.41, 5.74) is 0. The van der Waals surface area contributed by atoms with Gasteiger partial charge in [0.25, 0.3) is 5.91 Å². The monoisotopic (exact) mass is 386 g/mol. The van der Waals surface area contributed by atoms with Crippen LogP contribution in [0.5, 0.6) is 0 Å². The molecule has 0 aliphatic heterocycles. The van der Waals surface area contributed by atoms with Gasteiger partial charge in [-0.1, -0.05) is 5.16 Å². The van der Waals surface area contributed by atoms with Crippen molar-refractivity contribution >= 4 is 41.4 Å². The van der Waals surface area contributed by atoms with Crippen molar-refractivity contribution in [3.05, 3.63) is 11.8 Å². The molecule has 0 aliphatic carbocycles. The van der Waals surface area contributed by atoms with Gasteiger partial charge < -0.3 is 19.9 Å². The van der Waals surface area contributed by atoms with Gasteiger partial charge in [0.05, 0.1) is 11.5 Å². The van der Waals surface area contributed by atoms with Crippen molar-refractivity contribution in [3.8, 4) is 0 Å². The first-order chi connectivity index (χ1) is 12.2. The number of nitrogens with zero attached hydrogens (tertiary/aromatic N) is 1. The summed E-state index contributed by atoms with van der Waals surface area (Å²) in [6.45, 7) is 6.52. The molecule has 1 unspecified atom stereocenters. The summed E-state index contributed by atoms with van der Waals surface area (Å²) in [6.07, 6.45) is -1.13. The molecule has 1 heterocycles. The van der Waals surface area contributed by atoms with E-state index in [1.807, 2.05) is 0 Å². The molecule has 0 spiro atoms. The Balaban J connectivity index is 2.25. The molecule has 1 aromatic heterocycles. The number of nitrogens with one attached hydrogen (secondary N) is 3. The van der Waals surface area contributed by atoms with Gasteiger partial charge in [-0.25, -0.2) is 4.79 Å². The number of thioether (sulfide) groups is 1. The van der Waals surface area contributed by atoms with E-state index >= 15 is 0 Å². The molecule has 0 aromatic carbocycles. The fraction of sp³-hybridized carbons (Fsp3) is 0.533. The minimum Gasteiger partial charge on any atom is -0.452 e. The fourth-order valence-electron chi connectivity index (χ4n) is 1.63. The standard InChI is InChI=1S/C15H22N4O6S/c1-8(2)16-15(23)18-14(22)10(4)24-13(21)7-26-6-12(20)17-11-5-9(3)25-19-11/h5,8,10H,6-7H2,1-4H3,(H,17,19,20)(H2,16,18,22,23). The smallest absolute Gasteiger partial charge is 0.321 e. The van der Waals surface area contributed by atoms with E-state index in [-0.39, 0.29) is 23.5 Å². The number of rotatable bonds is 8. The van der Waals surface area contributed by atoms with Crippen LogP contribution in [0.25, 0.3) is 0 Å². The van der Waals surface area contributed by atoms with Crippen LogP contribution >= 0.6 is 11.8 Å². The lowest BCUT2D eigenvalue weighted by molar-refractivity contribution is -0.151. The van der Waals surface area contributed by atoms with E-state index < -0.39 is 24.0 Å². The molecule has 1 rings (SSSR count). The van der Waals surface area contributed by atoms with Crippen LogP contribution in [0.15, 0.2) is 10.6 Å². The SMILES string of the molecule is Cc1cc(NC(=O)CSCC(=O)OC(C)C(=O)NC(=O)NC(C)C)no1. The maximum atomic E-state index is 11.7. The molecule has 0 aliphatic rings. The van der Waals surface area contributed by atoms with Gasteiger partial charge in [-0.3, -0.25) is 19.7 Å². The third-order valence-corrected chi connectivity index (χ3v) is 3.59. The number of aromatic nitrogens is 1. The van der Waals surface area contributed by atoms with E-state index in [2.05, 4.69) is 21.1 Å². The Kier molecular flexibility index (Phi) is 8.62. The van der Waals surface area contributed by atoms with E-state index in [1.54, 1.807) is 26.8 Å². The van der Waals surface area contributed by atoms with Crippen molar-refractivity contribution in [1.29, 1.82) is 0 Å². The molecular weight excluding hydrogens is 364 g/mol. The van der Waals surface area contributed by atoms with Crippen LogP contribution in [-0.2, 0) is 19.1 Å². The van der Waals surface area contributed by atoms with Crippen molar-refractivity contribution in [1.82, 2.24) is 15.8 Å². The fourth-order valence-corrected chi connectivity index (χ4v) is 2.22. The summed E-state index contributed by atoms with van der Waals surface area (Å²) < 4.78 is 9.72. The van der Waals surface area contributed by atoms with Gasteiger partial charge in [0.2, 0.25) is 5.91 Å². The number of carbonyl (C=O) groups excluding carboxylic acids is 4. The summed E-state index contributed by atoms with van der Waals surface area (Å²) in [4.78, 5) is 46.5. The van der Waals surface area contributed by atoms with Gasteiger partial charge in [-0.15, -0.1) is 11.8 Å². The second-order valence-electron chi connectivity index (χ2n) is 5.61. The highest BCUT2D eigenvalue weighted by Gasteiger charge is 2.20. The molecule has 1 atom stereocenters. The number of hydrogen-bond donors (Lipinski definition) is 3. The highest BCUT2D eigenvalue weighted by Crippen LogP contribution is 2.09. The van der Waals surface area contributed by atoms with Crippen molar-refractivity contribution in [2.24, 2.45) is 0 Å². The van der Waals surface area contributed by atoms with E-state index in [4.69, 9.17) is 9.26 Å². The molecule has 26 heavy (non-hydrogen) atoms. The molecule has 144 valence electrons. The van der Waals surface area contributed by atoms with E-state index in [0.29, 0.717) is 11.6 Å². The van der Waals surface area contributed by atoms with Crippen LogP contribution in [0.3, 0.4) is 0 Å². The Morgan fingerprint density at radius 2 is 1.92 bits per heavy atom. The topological polar surface area (TPSA) is 140 Å². The number of urea groups is 1. The normalized spacial score (nSPS) is 11.6. The highest BCUT2D eigenvalue weighted by molar-refractivity contribution is 8.00. The van der Waals surface area contributed by atoms with Crippen molar-refractivity contribution in [3.63, 3.8) is 0 Å². The van der Waals surface area contributed by atoms with Gasteiger partial charge in [-0.05, 0) is 27.7 Å². The zero-order valence-electron chi connectivity index (χ0n) is 15.0. The quantitative estimate of drug-likeness (QED) is 0.558. The first-order valence-corrected chi connectivity index (χ1v) is 8.94. The third-order valence-electron chi connectivity index (χ3n) is 2.68. The van der Waals surface area contributed by atoms with Crippen molar-refractivity contribution in [2.45, 2.75) is 39.8 Å². The molecule has 0 fully saturated rings. The Morgan fingerprint density at radius 3 is 2.50 bits per heavy atom. The molecule has 0 saturated heterocycles. The molecule has 0 bridgehead atoms. The molecule has 3 N–H and O–H groups in total. The number of anilines is 1. The maximum Gasteiger partial charge on any atom is 0.321 e. The maximum absolute atomic E-state index is 11.7. The van der Waals surface area contributed by atoms with Crippen LogP contribution in [-0.4, -0.2) is 52.6 Å². The number of hydrogen-bond acceptors (Lipinski definition) is 8. The zero-order valence-corrected chi connectivity index (χ0v) is 15.8. The predicted octanol–water partition coefficient (Wildman–Crippen LogP) is 0.821. The van der Waals surface area contributed by atoms with Gasteiger partial charge >= 0.3 is 12.0 Å². The average Bonchev–Trinajstić information content (AvgIpc) is 2.91. The van der Waals surface area contributed by atoms with Gasteiger partial charge in [0.1, 0.15) is 5.76 Å². The van der Waals surface area contributed by atoms with Crippen LogP contribution in [0.4, 0.5) is 10.6 Å². The number of imide groups is 1. The lowest BCUT2D eigenvalue weighted by Gasteiger charge is -2.14. The van der Waals surface area contributed by atoms with E-state index in [9.17, 15) is 19.2 Å². The Bertz CT molecular complexity index is 660. The Labute approximate surface area is 154 Å². The Hall–Kier alpha value is -2.56. The van der Waals surface area contributed by atoms with E-state index in [1.165, 1.54) is 6.92 Å². The minimum atomic E-state index is -1.13. The first kappa shape index (κ1) is 21.5. The number of carbonyl (C=O) groups is 4. The van der Waals surface area contributed by atoms with Crippen LogP contribution in [0.2, 0.25) is 0 Å². The minimum absolute atomic E-state index is 0.00161. The number of esters is 1. The summed E-state index contributed by atoms with van der Waals surface area (Å²) in [5, 5.41) is 10.7. The van der Waals surface area contributed by atoms with Crippen molar-refractivity contribution < 1.29 is 28.4 Å². The summed E-state index contributed by atoms with van der Waals surface area (Å²) in [7, 11) is 0. The van der Waals surface area contributed by atoms with Crippen LogP contribution < -0.4 is 16.0 Å². The number of amides is 4. The number of aryl methyl sites for hydroxylation is 1. The average molecular weight is 386 g/mol. The highest BCUT2D eigenvalue weighted by atomic mass is 32.2. The van der Waals surface area contributed by atoms with Gasteiger partial charge in [0.15, 0.2) is 11.9 Å². The summed E-state index contributed by atoms with van der Waals surface area (Å²) in [6, 6.07) is 0.762. The van der Waals surface area contributed by atoms with Gasteiger partial charge in [0, 0.05) is 12.1 Å². The molecule has 0 radical (unpaired) electrons. The summed E-state index contributed by atoms with van der Waals surface area (Å²) in [5.74, 6) is -1.04.